The molecule has 2 rings (SSSR count). The summed E-state index contributed by atoms with van der Waals surface area (Å²) < 4.78 is 1.08. The number of hydrogen-bond donors (Lipinski definition) is 4. The van der Waals surface area contributed by atoms with Gasteiger partial charge in [-0.15, -0.1) is 25.3 Å². The maximum atomic E-state index is 4.46. The van der Waals surface area contributed by atoms with Crippen molar-refractivity contribution in [1.29, 1.82) is 0 Å². The van der Waals surface area contributed by atoms with E-state index in [4.69, 9.17) is 0 Å². The maximum absolute atomic E-state index is 4.46. The number of nitrogens with one attached hydrogen (secondary N) is 2. The van der Waals surface area contributed by atoms with E-state index in [2.05, 4.69) is 68.9 Å². The lowest BCUT2D eigenvalue weighted by Gasteiger charge is -2.41. The van der Waals surface area contributed by atoms with Crippen LogP contribution in [-0.2, 0) is 0 Å². The van der Waals surface area contributed by atoms with E-state index in [-0.39, 0.29) is 17.2 Å². The van der Waals surface area contributed by atoms with Crippen LogP contribution < -0.4 is 10.6 Å². The Hall–Kier alpha value is 0.280. The van der Waals surface area contributed by atoms with Gasteiger partial charge < -0.3 is 0 Å². The minimum absolute atomic E-state index is 0.00241. The van der Waals surface area contributed by atoms with Gasteiger partial charge in [0, 0.05) is 4.47 Å². The zero-order chi connectivity index (χ0) is 11.7. The first-order valence-corrected chi connectivity index (χ1v) is 6.76. The summed E-state index contributed by atoms with van der Waals surface area (Å²) in [6.07, 6.45) is 0.124. The Balaban J connectivity index is 2.21. The van der Waals surface area contributed by atoms with Crippen LogP contribution in [0.2, 0.25) is 0 Å². The van der Waals surface area contributed by atoms with Crippen molar-refractivity contribution < 1.29 is 0 Å². The molecule has 88 valence electrons. The van der Waals surface area contributed by atoms with Gasteiger partial charge in [0.25, 0.3) is 0 Å². The third-order valence-electron chi connectivity index (χ3n) is 2.60. The first-order chi connectivity index (χ1) is 7.58. The van der Waals surface area contributed by atoms with Crippen LogP contribution in [0.4, 0.5) is 0 Å². The third-order valence-corrected chi connectivity index (χ3v) is 3.94. The van der Waals surface area contributed by atoms with Crippen molar-refractivity contribution in [2.75, 3.05) is 7.05 Å². The standard InChI is InChI=1S/C10H14BrN3S2/c1-14-8(12-9(15)13-10(14)16)6-2-4-7(11)5-3-6/h2-5,8-10,12-13,15-16H,1H3. The van der Waals surface area contributed by atoms with Gasteiger partial charge in [-0.25, -0.2) is 0 Å². The monoisotopic (exact) mass is 319 g/mol. The van der Waals surface area contributed by atoms with Crippen molar-refractivity contribution in [3.8, 4) is 0 Å². The molecule has 1 aliphatic heterocycles. The van der Waals surface area contributed by atoms with Crippen molar-refractivity contribution in [1.82, 2.24) is 15.5 Å². The Labute approximate surface area is 115 Å². The molecule has 3 nitrogen and oxygen atoms in total. The summed E-state index contributed by atoms with van der Waals surface area (Å²) in [5.41, 5.74) is 1.15. The molecule has 6 heteroatoms. The van der Waals surface area contributed by atoms with Gasteiger partial charge in [0.15, 0.2) is 0 Å². The summed E-state index contributed by atoms with van der Waals surface area (Å²) in [6.45, 7) is 0. The second-order valence-electron chi connectivity index (χ2n) is 3.73. The van der Waals surface area contributed by atoms with E-state index in [0.29, 0.717) is 0 Å². The fraction of sp³-hybridized carbons (Fsp3) is 0.400. The maximum Gasteiger partial charge on any atom is 0.108 e. The Morgan fingerprint density at radius 1 is 1.19 bits per heavy atom. The Bertz CT molecular complexity index is 360. The molecule has 3 atom stereocenters. The summed E-state index contributed by atoms with van der Waals surface area (Å²) in [5.74, 6) is 0. The number of hydrogen-bond acceptors (Lipinski definition) is 5. The largest absolute Gasteiger partial charge is 0.274 e. The molecule has 1 aromatic rings. The van der Waals surface area contributed by atoms with Crippen molar-refractivity contribution in [2.45, 2.75) is 17.2 Å². The molecule has 1 heterocycles. The fourth-order valence-corrected chi connectivity index (χ4v) is 2.64. The van der Waals surface area contributed by atoms with Crippen molar-refractivity contribution in [3.63, 3.8) is 0 Å². The lowest BCUT2D eigenvalue weighted by atomic mass is 10.1. The van der Waals surface area contributed by atoms with Gasteiger partial charge in [-0.1, -0.05) is 28.1 Å². The predicted molar refractivity (Wildman–Crippen MR) is 76.5 cm³/mol. The molecule has 3 unspecified atom stereocenters. The molecular formula is C10H14BrN3S2. The summed E-state index contributed by atoms with van der Waals surface area (Å²) in [5, 5.41) is 6.52. The van der Waals surface area contributed by atoms with Crippen LogP contribution in [0.3, 0.4) is 0 Å². The zero-order valence-electron chi connectivity index (χ0n) is 8.76. The molecule has 1 aromatic carbocycles. The van der Waals surface area contributed by atoms with Crippen LogP contribution in [0.25, 0.3) is 0 Å². The van der Waals surface area contributed by atoms with E-state index in [1.807, 2.05) is 19.2 Å². The highest BCUT2D eigenvalue weighted by Crippen LogP contribution is 2.25. The Morgan fingerprint density at radius 3 is 2.44 bits per heavy atom. The quantitative estimate of drug-likeness (QED) is 0.596. The van der Waals surface area contributed by atoms with Crippen LogP contribution in [0, 0.1) is 0 Å². The number of thiol groups is 2. The predicted octanol–water partition coefficient (Wildman–Crippen LogP) is 2.00. The second kappa shape index (κ2) is 5.29. The lowest BCUT2D eigenvalue weighted by molar-refractivity contribution is 0.117. The van der Waals surface area contributed by atoms with E-state index in [9.17, 15) is 0 Å². The number of benzene rings is 1. The normalized spacial score (nSPS) is 31.6. The molecule has 1 fully saturated rings. The molecule has 2 N–H and O–H groups in total. The smallest absolute Gasteiger partial charge is 0.108 e. The van der Waals surface area contributed by atoms with Crippen LogP contribution >= 0.6 is 41.2 Å². The average Bonchev–Trinajstić information content (AvgIpc) is 2.25. The molecule has 0 aliphatic carbocycles. The van der Waals surface area contributed by atoms with E-state index in [1.165, 1.54) is 5.56 Å². The first-order valence-electron chi connectivity index (χ1n) is 4.93. The van der Waals surface area contributed by atoms with Crippen LogP contribution in [-0.4, -0.2) is 22.9 Å². The number of rotatable bonds is 1. The highest BCUT2D eigenvalue weighted by Gasteiger charge is 2.29. The SMILES string of the molecule is CN1C(S)NC(S)NC1c1ccc(Br)cc1. The number of halogens is 1. The summed E-state index contributed by atoms with van der Waals surface area (Å²) in [4.78, 5) is 2.11. The van der Waals surface area contributed by atoms with Crippen LogP contribution in [0.1, 0.15) is 11.7 Å². The first kappa shape index (κ1) is 12.7. The minimum Gasteiger partial charge on any atom is -0.274 e. The van der Waals surface area contributed by atoms with Crippen LogP contribution in [0.5, 0.6) is 0 Å². The molecular weight excluding hydrogens is 306 g/mol. The minimum atomic E-state index is -0.0488. The zero-order valence-corrected chi connectivity index (χ0v) is 12.1. The van der Waals surface area contributed by atoms with Gasteiger partial charge in [-0.05, 0) is 24.7 Å². The number of nitrogens with zero attached hydrogens (tertiary/aromatic N) is 1. The van der Waals surface area contributed by atoms with Gasteiger partial charge in [-0.2, -0.15) is 0 Å². The van der Waals surface area contributed by atoms with Crippen LogP contribution in [0.15, 0.2) is 28.7 Å². The van der Waals surface area contributed by atoms with E-state index in [1.54, 1.807) is 0 Å². The molecule has 0 spiro atoms. The van der Waals surface area contributed by atoms with Gasteiger partial charge >= 0.3 is 0 Å². The van der Waals surface area contributed by atoms with E-state index in [0.717, 1.165) is 4.47 Å². The van der Waals surface area contributed by atoms with Gasteiger partial charge in [0.1, 0.15) is 11.0 Å². The summed E-state index contributed by atoms with van der Waals surface area (Å²) in [7, 11) is 2.02. The third kappa shape index (κ3) is 2.75. The molecule has 0 radical (unpaired) electrons. The summed E-state index contributed by atoms with van der Waals surface area (Å²) in [6, 6.07) is 8.25. The highest BCUT2D eigenvalue weighted by atomic mass is 79.9. The molecule has 0 aromatic heterocycles. The lowest BCUT2D eigenvalue weighted by Crippen LogP contribution is -2.59. The molecule has 0 bridgehead atoms. The molecule has 0 saturated carbocycles. The Kier molecular flexibility index (Phi) is 4.21. The Morgan fingerprint density at radius 2 is 1.81 bits per heavy atom. The van der Waals surface area contributed by atoms with Gasteiger partial charge in [0.05, 0.1) is 6.17 Å². The van der Waals surface area contributed by atoms with Crippen molar-refractivity contribution >= 4 is 41.2 Å². The molecule has 0 amide bonds. The molecule has 16 heavy (non-hydrogen) atoms. The topological polar surface area (TPSA) is 27.3 Å². The fourth-order valence-electron chi connectivity index (χ4n) is 1.69. The molecule has 1 saturated heterocycles. The molecule has 1 aliphatic rings. The van der Waals surface area contributed by atoms with E-state index < -0.39 is 0 Å². The average molecular weight is 320 g/mol. The van der Waals surface area contributed by atoms with E-state index >= 15 is 0 Å². The highest BCUT2D eigenvalue weighted by molar-refractivity contribution is 9.10. The van der Waals surface area contributed by atoms with Gasteiger partial charge in [-0.3, -0.25) is 15.5 Å². The van der Waals surface area contributed by atoms with Gasteiger partial charge in [0.2, 0.25) is 0 Å². The summed E-state index contributed by atoms with van der Waals surface area (Å²) >= 11 is 12.3. The van der Waals surface area contributed by atoms with Crippen molar-refractivity contribution in [3.05, 3.63) is 34.3 Å². The second-order valence-corrected chi connectivity index (χ2v) is 5.65. The van der Waals surface area contributed by atoms with Crippen molar-refractivity contribution in [2.24, 2.45) is 0 Å².